The Morgan fingerprint density at radius 2 is 2.08 bits per heavy atom. The van der Waals surface area contributed by atoms with Crippen molar-refractivity contribution in [3.8, 4) is 0 Å². The highest BCUT2D eigenvalue weighted by atomic mass is 16.4. The number of nitrogens with one attached hydrogen (secondary N) is 2. The molecule has 2 atom stereocenters. The summed E-state index contributed by atoms with van der Waals surface area (Å²) in [7, 11) is 0. The molecular weight excluding hydrogens is 166 g/mol. The van der Waals surface area contributed by atoms with E-state index in [4.69, 9.17) is 10.8 Å². The first-order valence-electron chi connectivity index (χ1n) is 3.12. The Bertz CT molecular complexity index is 251. The third-order valence-corrected chi connectivity index (χ3v) is 1.45. The van der Waals surface area contributed by atoms with Crippen LogP contribution in [0.5, 0.6) is 0 Å². The number of urea groups is 1. The monoisotopic (exact) mass is 173 g/mol. The summed E-state index contributed by atoms with van der Waals surface area (Å²) < 4.78 is 0. The van der Waals surface area contributed by atoms with E-state index < -0.39 is 30.0 Å². The van der Waals surface area contributed by atoms with Crippen LogP contribution in [0.25, 0.3) is 0 Å². The molecule has 0 bridgehead atoms. The Labute approximate surface area is 66.9 Å². The smallest absolute Gasteiger partial charge is 0.328 e. The highest BCUT2D eigenvalue weighted by Crippen LogP contribution is 1.96. The van der Waals surface area contributed by atoms with Gasteiger partial charge in [0.2, 0.25) is 5.91 Å². The van der Waals surface area contributed by atoms with Crippen LogP contribution < -0.4 is 16.4 Å². The maximum atomic E-state index is 10.8. The van der Waals surface area contributed by atoms with Crippen LogP contribution in [-0.4, -0.2) is 35.1 Å². The molecule has 66 valence electrons. The van der Waals surface area contributed by atoms with Gasteiger partial charge in [-0.2, -0.15) is 0 Å². The van der Waals surface area contributed by atoms with Crippen molar-refractivity contribution < 1.29 is 19.5 Å². The molecule has 0 aromatic carbocycles. The summed E-state index contributed by atoms with van der Waals surface area (Å²) in [6.45, 7) is 0. The highest BCUT2D eigenvalue weighted by molar-refractivity contribution is 6.04. The fourth-order valence-corrected chi connectivity index (χ4v) is 0.829. The van der Waals surface area contributed by atoms with Crippen molar-refractivity contribution in [3.63, 3.8) is 0 Å². The van der Waals surface area contributed by atoms with Gasteiger partial charge in [-0.15, -0.1) is 0 Å². The van der Waals surface area contributed by atoms with E-state index in [2.05, 4.69) is 0 Å². The van der Waals surface area contributed by atoms with Gasteiger partial charge in [-0.25, -0.2) is 9.59 Å². The maximum absolute atomic E-state index is 10.8. The second-order valence-electron chi connectivity index (χ2n) is 2.30. The van der Waals surface area contributed by atoms with E-state index in [1.807, 2.05) is 10.6 Å². The fourth-order valence-electron chi connectivity index (χ4n) is 0.829. The minimum absolute atomic E-state index is 0.786. The fraction of sp³-hybridized carbons (Fsp3) is 0.400. The van der Waals surface area contributed by atoms with Crippen LogP contribution in [0.15, 0.2) is 0 Å². The largest absolute Gasteiger partial charge is 0.480 e. The second kappa shape index (κ2) is 2.78. The van der Waals surface area contributed by atoms with E-state index in [9.17, 15) is 14.4 Å². The Kier molecular flexibility index (Phi) is 1.96. The van der Waals surface area contributed by atoms with E-state index in [1.54, 1.807) is 0 Å². The maximum Gasteiger partial charge on any atom is 0.328 e. The van der Waals surface area contributed by atoms with Gasteiger partial charge in [-0.1, -0.05) is 0 Å². The molecule has 1 aliphatic rings. The molecule has 7 nitrogen and oxygen atoms in total. The van der Waals surface area contributed by atoms with E-state index in [-0.39, 0.29) is 0 Å². The Balaban J connectivity index is 2.79. The lowest BCUT2D eigenvalue weighted by atomic mass is 10.1. The van der Waals surface area contributed by atoms with E-state index in [0.29, 0.717) is 0 Å². The molecule has 1 saturated heterocycles. The zero-order chi connectivity index (χ0) is 9.30. The van der Waals surface area contributed by atoms with Gasteiger partial charge in [-0.3, -0.25) is 10.1 Å². The van der Waals surface area contributed by atoms with Gasteiger partial charge in [-0.05, 0) is 0 Å². The van der Waals surface area contributed by atoms with Crippen LogP contribution in [0.3, 0.4) is 0 Å². The number of nitrogens with two attached hydrogens (primary N) is 1. The molecule has 0 saturated carbocycles. The topological polar surface area (TPSA) is 122 Å². The normalized spacial score (nSPS) is 29.1. The molecule has 0 aliphatic carbocycles. The number of carbonyl (C=O) groups excluding carboxylic acids is 2. The standard InChI is InChI=1S/C5H7N3O4/c6-1-2(4(10)11)7-5(12)8-3(1)9/h1-2H,6H2,(H,10,11)(H2,7,8,9,12)/t1-,2-/m0/s1. The van der Waals surface area contributed by atoms with Crippen molar-refractivity contribution in [2.75, 3.05) is 0 Å². The van der Waals surface area contributed by atoms with E-state index in [0.717, 1.165) is 0 Å². The number of rotatable bonds is 1. The van der Waals surface area contributed by atoms with Crippen LogP contribution in [-0.2, 0) is 9.59 Å². The third kappa shape index (κ3) is 1.35. The van der Waals surface area contributed by atoms with Crippen LogP contribution in [0.4, 0.5) is 4.79 Å². The molecule has 1 fully saturated rings. The van der Waals surface area contributed by atoms with Crippen LogP contribution in [0, 0.1) is 0 Å². The Morgan fingerprint density at radius 1 is 1.50 bits per heavy atom. The number of carboxylic acids is 1. The van der Waals surface area contributed by atoms with Gasteiger partial charge in [0.05, 0.1) is 0 Å². The number of carbonyl (C=O) groups is 3. The molecule has 0 spiro atoms. The number of aliphatic carboxylic acids is 1. The van der Waals surface area contributed by atoms with Crippen LogP contribution in [0.1, 0.15) is 0 Å². The molecule has 5 N–H and O–H groups in total. The average Bonchev–Trinajstić information content (AvgIpc) is 1.96. The number of hydrogen-bond donors (Lipinski definition) is 4. The van der Waals surface area contributed by atoms with Crippen molar-refractivity contribution in [1.29, 1.82) is 0 Å². The molecule has 0 aromatic heterocycles. The predicted molar refractivity (Wildman–Crippen MR) is 36.1 cm³/mol. The SMILES string of the molecule is N[C@@H]1C(=O)NC(=O)N[C@@H]1C(=O)O. The van der Waals surface area contributed by atoms with Gasteiger partial charge in [0.15, 0.2) is 6.04 Å². The Morgan fingerprint density at radius 3 is 2.58 bits per heavy atom. The second-order valence-corrected chi connectivity index (χ2v) is 2.30. The molecule has 1 heterocycles. The summed E-state index contributed by atoms with van der Waals surface area (Å²) in [4.78, 5) is 31.7. The van der Waals surface area contributed by atoms with Gasteiger partial charge in [0.25, 0.3) is 0 Å². The van der Waals surface area contributed by atoms with E-state index in [1.165, 1.54) is 0 Å². The van der Waals surface area contributed by atoms with Gasteiger partial charge in [0, 0.05) is 0 Å². The summed E-state index contributed by atoms with van der Waals surface area (Å²) in [6, 6.07) is -3.42. The quantitative estimate of drug-likeness (QED) is 0.352. The summed E-state index contributed by atoms with van der Waals surface area (Å²) in [5.74, 6) is -2.11. The predicted octanol–water partition coefficient (Wildman–Crippen LogP) is -2.39. The first-order valence-corrected chi connectivity index (χ1v) is 3.12. The van der Waals surface area contributed by atoms with Crippen molar-refractivity contribution >= 4 is 17.9 Å². The summed E-state index contributed by atoms with van der Waals surface area (Å²) in [6.07, 6.45) is 0. The van der Waals surface area contributed by atoms with Crippen molar-refractivity contribution in [2.24, 2.45) is 5.73 Å². The first-order chi connectivity index (χ1) is 5.52. The summed E-state index contributed by atoms with van der Waals surface area (Å²) in [5.41, 5.74) is 5.18. The lowest BCUT2D eigenvalue weighted by Gasteiger charge is -2.25. The van der Waals surface area contributed by atoms with E-state index >= 15 is 0 Å². The highest BCUT2D eigenvalue weighted by Gasteiger charge is 2.37. The number of carboxylic acid groups (broad SMARTS) is 1. The minimum atomic E-state index is -1.34. The Hall–Kier alpha value is -1.63. The molecule has 0 unspecified atom stereocenters. The first kappa shape index (κ1) is 8.47. The minimum Gasteiger partial charge on any atom is -0.480 e. The number of hydrogen-bond acceptors (Lipinski definition) is 4. The van der Waals surface area contributed by atoms with Crippen molar-refractivity contribution in [2.45, 2.75) is 12.1 Å². The number of imide groups is 1. The van der Waals surface area contributed by atoms with Crippen molar-refractivity contribution in [1.82, 2.24) is 10.6 Å². The summed E-state index contributed by atoms with van der Waals surface area (Å²) in [5, 5.41) is 12.3. The zero-order valence-corrected chi connectivity index (χ0v) is 5.90. The van der Waals surface area contributed by atoms with Crippen LogP contribution in [0.2, 0.25) is 0 Å². The average molecular weight is 173 g/mol. The molecule has 1 aliphatic heterocycles. The molecule has 1 rings (SSSR count). The zero-order valence-electron chi connectivity index (χ0n) is 5.90. The summed E-state index contributed by atoms with van der Waals surface area (Å²) >= 11 is 0. The lowest BCUT2D eigenvalue weighted by Crippen LogP contribution is -2.66. The number of amides is 3. The third-order valence-electron chi connectivity index (χ3n) is 1.45. The van der Waals surface area contributed by atoms with Crippen LogP contribution >= 0.6 is 0 Å². The molecular formula is C5H7N3O4. The van der Waals surface area contributed by atoms with Gasteiger partial charge in [0.1, 0.15) is 6.04 Å². The molecule has 0 radical (unpaired) electrons. The molecule has 0 aromatic rings. The van der Waals surface area contributed by atoms with Gasteiger partial charge < -0.3 is 16.2 Å². The van der Waals surface area contributed by atoms with Gasteiger partial charge >= 0.3 is 12.0 Å². The molecule has 3 amide bonds. The molecule has 7 heteroatoms. The molecule has 12 heavy (non-hydrogen) atoms. The lowest BCUT2D eigenvalue weighted by molar-refractivity contribution is -0.142. The van der Waals surface area contributed by atoms with Crippen molar-refractivity contribution in [3.05, 3.63) is 0 Å².